The average Bonchev–Trinajstić information content (AvgIpc) is 2.73. The third kappa shape index (κ3) is 2.79. The average molecular weight is 376 g/mol. The van der Waals surface area contributed by atoms with E-state index in [0.717, 1.165) is 5.69 Å². The maximum Gasteiger partial charge on any atom is 0.262 e. The number of anilines is 2. The van der Waals surface area contributed by atoms with Crippen molar-refractivity contribution in [2.24, 2.45) is 0 Å². The van der Waals surface area contributed by atoms with Crippen LogP contribution in [0.15, 0.2) is 66.7 Å². The molecule has 3 aromatic carbocycles. The highest BCUT2D eigenvalue weighted by Crippen LogP contribution is 2.42. The minimum Gasteiger partial charge on any atom is -0.504 e. The van der Waals surface area contributed by atoms with E-state index >= 15 is 0 Å². The molecule has 0 unspecified atom stereocenters. The van der Waals surface area contributed by atoms with E-state index in [1.165, 1.54) is 12.1 Å². The van der Waals surface area contributed by atoms with Gasteiger partial charge in [-0.3, -0.25) is 9.69 Å². The molecule has 1 aliphatic heterocycles. The highest BCUT2D eigenvalue weighted by molar-refractivity contribution is 6.12. The Morgan fingerprint density at radius 2 is 1.64 bits per heavy atom. The lowest BCUT2D eigenvalue weighted by molar-refractivity contribution is 0.0969. The third-order valence-electron chi connectivity index (χ3n) is 4.99. The molecule has 0 bridgehead atoms. The first-order valence-corrected chi connectivity index (χ1v) is 8.82. The van der Waals surface area contributed by atoms with Gasteiger partial charge in [0.25, 0.3) is 5.91 Å². The number of fused-ring (bicyclic) bond motifs is 1. The Morgan fingerprint density at radius 1 is 0.929 bits per heavy atom. The Bertz CT molecular complexity index is 1030. The molecular formula is C22H20N2O4. The number of carbonyl (C=O) groups excluding carboxylic acids is 1. The van der Waals surface area contributed by atoms with Gasteiger partial charge in [-0.2, -0.15) is 0 Å². The maximum absolute atomic E-state index is 13.4. The molecule has 0 spiro atoms. The van der Waals surface area contributed by atoms with Crippen molar-refractivity contribution >= 4 is 17.3 Å². The van der Waals surface area contributed by atoms with Gasteiger partial charge in [0, 0.05) is 12.7 Å². The van der Waals surface area contributed by atoms with Crippen molar-refractivity contribution in [1.29, 1.82) is 0 Å². The minimum absolute atomic E-state index is 0.142. The summed E-state index contributed by atoms with van der Waals surface area (Å²) < 4.78 is 5.23. The molecule has 0 aromatic heterocycles. The fraction of sp³-hybridized carbons (Fsp3) is 0.136. The molecule has 0 saturated heterocycles. The van der Waals surface area contributed by atoms with Gasteiger partial charge >= 0.3 is 0 Å². The molecule has 0 saturated carbocycles. The van der Waals surface area contributed by atoms with Crippen LogP contribution in [0.25, 0.3) is 0 Å². The van der Waals surface area contributed by atoms with Gasteiger partial charge in [0.05, 0.1) is 18.4 Å². The van der Waals surface area contributed by atoms with Crippen LogP contribution in [0.5, 0.6) is 17.2 Å². The predicted molar refractivity (Wildman–Crippen MR) is 107 cm³/mol. The number of ether oxygens (including phenoxy) is 1. The molecule has 0 fully saturated rings. The lowest BCUT2D eigenvalue weighted by Crippen LogP contribution is -2.48. The number of para-hydroxylation sites is 1. The van der Waals surface area contributed by atoms with Crippen molar-refractivity contribution in [3.63, 3.8) is 0 Å². The number of amides is 1. The Hall–Kier alpha value is -3.67. The van der Waals surface area contributed by atoms with E-state index in [0.29, 0.717) is 22.6 Å². The highest BCUT2D eigenvalue weighted by Gasteiger charge is 2.38. The number of phenols is 2. The Morgan fingerprint density at radius 3 is 2.32 bits per heavy atom. The molecule has 4 rings (SSSR count). The third-order valence-corrected chi connectivity index (χ3v) is 4.99. The minimum atomic E-state index is -0.498. The molecular weight excluding hydrogens is 356 g/mol. The van der Waals surface area contributed by atoms with E-state index in [1.54, 1.807) is 36.3 Å². The van der Waals surface area contributed by atoms with Gasteiger partial charge in [-0.25, -0.2) is 0 Å². The summed E-state index contributed by atoms with van der Waals surface area (Å²) in [7, 11) is 3.49. The lowest BCUT2D eigenvalue weighted by atomic mass is 10.0. The van der Waals surface area contributed by atoms with E-state index in [-0.39, 0.29) is 17.4 Å². The van der Waals surface area contributed by atoms with Crippen LogP contribution in [-0.4, -0.2) is 30.3 Å². The normalized spacial score (nSPS) is 16.1. The van der Waals surface area contributed by atoms with Crippen molar-refractivity contribution in [3.8, 4) is 17.2 Å². The number of aromatic hydroxyl groups is 2. The molecule has 0 radical (unpaired) electrons. The van der Waals surface area contributed by atoms with Crippen LogP contribution >= 0.6 is 0 Å². The number of hydrogen-bond donors (Lipinski definition) is 2. The van der Waals surface area contributed by atoms with Crippen molar-refractivity contribution < 1.29 is 19.7 Å². The standard InChI is InChI=1S/C22H20N2O4/c1-23-18-6-4-3-5-17(18)22(27)24(15-8-10-16(28-2)11-9-15)21(23)14-7-12-19(25)20(26)13-14/h3-13,21,25-26H,1-2H3/t21-/m1/s1. The number of carbonyl (C=O) groups is 1. The number of phenolic OH excluding ortho intramolecular Hbond substituents is 2. The molecule has 1 atom stereocenters. The van der Waals surface area contributed by atoms with Gasteiger partial charge in [-0.15, -0.1) is 0 Å². The van der Waals surface area contributed by atoms with Crippen molar-refractivity contribution in [2.75, 3.05) is 24.0 Å². The summed E-state index contributed by atoms with van der Waals surface area (Å²) in [5.41, 5.74) is 2.77. The van der Waals surface area contributed by atoms with Crippen LogP contribution in [0.3, 0.4) is 0 Å². The van der Waals surface area contributed by atoms with Gasteiger partial charge < -0.3 is 19.8 Å². The largest absolute Gasteiger partial charge is 0.504 e. The van der Waals surface area contributed by atoms with Crippen molar-refractivity contribution in [2.45, 2.75) is 6.17 Å². The maximum atomic E-state index is 13.4. The number of nitrogens with zero attached hydrogens (tertiary/aromatic N) is 2. The summed E-state index contributed by atoms with van der Waals surface area (Å²) in [5.74, 6) is 0.119. The van der Waals surface area contributed by atoms with E-state index in [9.17, 15) is 15.0 Å². The number of hydrogen-bond acceptors (Lipinski definition) is 5. The van der Waals surface area contributed by atoms with Crippen LogP contribution in [0.1, 0.15) is 22.1 Å². The zero-order chi connectivity index (χ0) is 19.8. The first-order valence-electron chi connectivity index (χ1n) is 8.82. The molecule has 1 aliphatic rings. The molecule has 28 heavy (non-hydrogen) atoms. The van der Waals surface area contributed by atoms with Crippen LogP contribution in [0, 0.1) is 0 Å². The quantitative estimate of drug-likeness (QED) is 0.678. The summed E-state index contributed by atoms with van der Waals surface area (Å²) in [6.07, 6.45) is -0.498. The second-order valence-electron chi connectivity index (χ2n) is 6.62. The van der Waals surface area contributed by atoms with Crippen LogP contribution in [0.4, 0.5) is 11.4 Å². The highest BCUT2D eigenvalue weighted by atomic mass is 16.5. The predicted octanol–water partition coefficient (Wildman–Crippen LogP) is 3.90. The summed E-state index contributed by atoms with van der Waals surface area (Å²) in [4.78, 5) is 17.1. The summed E-state index contributed by atoms with van der Waals surface area (Å²) >= 11 is 0. The van der Waals surface area contributed by atoms with Crippen molar-refractivity contribution in [1.82, 2.24) is 0 Å². The van der Waals surface area contributed by atoms with E-state index in [2.05, 4.69) is 0 Å². The first kappa shape index (κ1) is 17.7. The molecule has 2 N–H and O–H groups in total. The molecule has 6 nitrogen and oxygen atoms in total. The Kier molecular flexibility index (Phi) is 4.31. The Balaban J connectivity index is 1.90. The van der Waals surface area contributed by atoms with Crippen LogP contribution < -0.4 is 14.5 Å². The van der Waals surface area contributed by atoms with Gasteiger partial charge in [0.15, 0.2) is 11.5 Å². The van der Waals surface area contributed by atoms with E-state index < -0.39 is 6.17 Å². The first-order chi connectivity index (χ1) is 13.5. The van der Waals surface area contributed by atoms with Crippen molar-refractivity contribution in [3.05, 3.63) is 77.9 Å². The zero-order valence-electron chi connectivity index (χ0n) is 15.5. The second kappa shape index (κ2) is 6.81. The molecule has 0 aliphatic carbocycles. The molecule has 142 valence electrons. The summed E-state index contributed by atoms with van der Waals surface area (Å²) in [6.45, 7) is 0. The van der Waals surface area contributed by atoms with Gasteiger partial charge in [0.2, 0.25) is 0 Å². The lowest BCUT2D eigenvalue weighted by Gasteiger charge is -2.44. The number of rotatable bonds is 3. The molecule has 1 heterocycles. The van der Waals surface area contributed by atoms with Gasteiger partial charge in [0.1, 0.15) is 11.9 Å². The molecule has 6 heteroatoms. The fourth-order valence-corrected chi connectivity index (χ4v) is 3.58. The SMILES string of the molecule is COc1ccc(N2C(=O)c3ccccc3N(C)[C@H]2c2ccc(O)c(O)c2)cc1. The molecule has 3 aromatic rings. The molecule has 1 amide bonds. The second-order valence-corrected chi connectivity index (χ2v) is 6.62. The zero-order valence-corrected chi connectivity index (χ0v) is 15.5. The van der Waals surface area contributed by atoms with E-state index in [4.69, 9.17) is 4.74 Å². The topological polar surface area (TPSA) is 73.2 Å². The van der Waals surface area contributed by atoms with Gasteiger partial charge in [-0.1, -0.05) is 18.2 Å². The van der Waals surface area contributed by atoms with Crippen LogP contribution in [0.2, 0.25) is 0 Å². The number of benzene rings is 3. The van der Waals surface area contributed by atoms with Crippen LogP contribution in [-0.2, 0) is 0 Å². The van der Waals surface area contributed by atoms with E-state index in [1.807, 2.05) is 42.3 Å². The van der Waals surface area contributed by atoms with Gasteiger partial charge in [-0.05, 0) is 54.1 Å². The summed E-state index contributed by atoms with van der Waals surface area (Å²) in [5, 5.41) is 19.7. The fourth-order valence-electron chi connectivity index (χ4n) is 3.58. The smallest absolute Gasteiger partial charge is 0.262 e. The number of methoxy groups -OCH3 is 1. The monoisotopic (exact) mass is 376 g/mol. The Labute approximate surface area is 162 Å². The summed E-state index contributed by atoms with van der Waals surface area (Å²) in [6, 6.07) is 19.3.